The first-order valence-corrected chi connectivity index (χ1v) is 11.8. The molecule has 4 rings (SSSR count). The highest BCUT2D eigenvalue weighted by molar-refractivity contribution is 8.15. The molecular weight excluding hydrogens is 400 g/mol. The van der Waals surface area contributed by atoms with Gasteiger partial charge in [-0.3, -0.25) is 9.30 Å². The van der Waals surface area contributed by atoms with Crippen molar-refractivity contribution in [3.05, 3.63) is 47.5 Å². The van der Waals surface area contributed by atoms with Gasteiger partial charge in [-0.25, -0.2) is 8.42 Å². The van der Waals surface area contributed by atoms with E-state index in [-0.39, 0.29) is 0 Å². The van der Waals surface area contributed by atoms with Crippen molar-refractivity contribution in [1.82, 2.24) is 4.98 Å². The van der Waals surface area contributed by atoms with Crippen LogP contribution < -0.4 is 10.0 Å². The van der Waals surface area contributed by atoms with Crippen molar-refractivity contribution in [3.63, 3.8) is 0 Å². The predicted molar refractivity (Wildman–Crippen MR) is 115 cm³/mol. The molecule has 1 aromatic carbocycles. The molecule has 0 saturated carbocycles. The second-order valence-electron chi connectivity index (χ2n) is 6.29. The summed E-state index contributed by atoms with van der Waals surface area (Å²) in [4.78, 5) is 8.01. The van der Waals surface area contributed by atoms with Gasteiger partial charge < -0.3 is 10.7 Å². The molecule has 0 radical (unpaired) electrons. The van der Waals surface area contributed by atoms with Crippen molar-refractivity contribution in [1.29, 1.82) is 0 Å². The molecule has 27 heavy (non-hydrogen) atoms. The highest BCUT2D eigenvalue weighted by Crippen LogP contribution is 2.34. The van der Waals surface area contributed by atoms with Crippen LogP contribution in [0.25, 0.3) is 10.9 Å². The number of para-hydroxylation sites is 1. The van der Waals surface area contributed by atoms with Crippen molar-refractivity contribution >= 4 is 54.8 Å². The largest absolute Gasteiger partial charge is 0.351 e. The van der Waals surface area contributed by atoms with Crippen LogP contribution in [0.4, 0.5) is 5.69 Å². The van der Waals surface area contributed by atoms with Crippen LogP contribution in [-0.2, 0) is 10.0 Å². The van der Waals surface area contributed by atoms with Crippen molar-refractivity contribution in [3.8, 4) is 0 Å². The summed E-state index contributed by atoms with van der Waals surface area (Å²) in [6, 6.07) is 11.1. The Morgan fingerprint density at radius 1 is 1.33 bits per heavy atom. The zero-order chi connectivity index (χ0) is 19.0. The third kappa shape index (κ3) is 3.40. The van der Waals surface area contributed by atoms with Crippen molar-refractivity contribution < 1.29 is 8.42 Å². The first-order chi connectivity index (χ1) is 13.0. The fraction of sp³-hybridized carbons (Fsp3) is 0.278. The van der Waals surface area contributed by atoms with E-state index in [2.05, 4.69) is 9.98 Å². The topological polar surface area (TPSA) is 91.5 Å². The van der Waals surface area contributed by atoms with Crippen LogP contribution in [0.5, 0.6) is 0 Å². The summed E-state index contributed by atoms with van der Waals surface area (Å²) in [7, 11) is -2.00. The lowest BCUT2D eigenvalue weighted by molar-refractivity contribution is 0.596. The number of hydrogen-bond donors (Lipinski definition) is 2. The van der Waals surface area contributed by atoms with Crippen LogP contribution in [0.1, 0.15) is 12.1 Å². The first-order valence-electron chi connectivity index (χ1n) is 8.56. The number of sulfonamides is 1. The number of anilines is 1. The number of thiophene rings is 1. The summed E-state index contributed by atoms with van der Waals surface area (Å²) in [5, 5.41) is 4.10. The molecule has 1 unspecified atom stereocenters. The van der Waals surface area contributed by atoms with Crippen molar-refractivity contribution in [2.45, 2.75) is 15.9 Å². The Balaban J connectivity index is 1.70. The Kier molecular flexibility index (Phi) is 5.02. The highest BCUT2D eigenvalue weighted by atomic mass is 32.2. The molecule has 0 amide bonds. The van der Waals surface area contributed by atoms with E-state index in [1.807, 2.05) is 24.3 Å². The minimum absolute atomic E-state index is 0.328. The smallest absolute Gasteiger partial charge is 0.273 e. The number of aromatic amines is 1. The summed E-state index contributed by atoms with van der Waals surface area (Å²) in [6.45, 7) is 1.43. The summed E-state index contributed by atoms with van der Waals surface area (Å²) < 4.78 is 27.5. The molecule has 3 N–H and O–H groups in total. The average molecular weight is 421 g/mol. The number of aliphatic imine (C=N–C) groups is 1. The Morgan fingerprint density at radius 3 is 2.93 bits per heavy atom. The minimum Gasteiger partial charge on any atom is -0.351 e. The van der Waals surface area contributed by atoms with Crippen LogP contribution in [0, 0.1) is 0 Å². The van der Waals surface area contributed by atoms with E-state index in [1.54, 1.807) is 36.3 Å². The number of thioether (sulfide) groups is 1. The fourth-order valence-corrected chi connectivity index (χ4v) is 6.57. The number of fused-ring (bicyclic) bond motifs is 1. The van der Waals surface area contributed by atoms with Crippen molar-refractivity contribution in [2.24, 2.45) is 10.7 Å². The van der Waals surface area contributed by atoms with Gasteiger partial charge in [0.1, 0.15) is 9.25 Å². The summed E-state index contributed by atoms with van der Waals surface area (Å²) in [6.07, 6.45) is 0.935. The third-order valence-electron chi connectivity index (χ3n) is 4.52. The van der Waals surface area contributed by atoms with Gasteiger partial charge in [-0.1, -0.05) is 30.0 Å². The maximum absolute atomic E-state index is 12.9. The van der Waals surface area contributed by atoms with Crippen LogP contribution in [0.2, 0.25) is 0 Å². The molecule has 1 atom stereocenters. The lowest BCUT2D eigenvalue weighted by Crippen LogP contribution is -2.26. The lowest BCUT2D eigenvalue weighted by Gasteiger charge is -2.19. The van der Waals surface area contributed by atoms with E-state index in [0.29, 0.717) is 21.7 Å². The molecule has 142 valence electrons. The fourth-order valence-electron chi connectivity index (χ4n) is 3.09. The molecule has 2 aromatic heterocycles. The quantitative estimate of drug-likeness (QED) is 0.640. The molecule has 9 heteroatoms. The number of nitrogens with one attached hydrogen (secondary N) is 1. The van der Waals surface area contributed by atoms with Gasteiger partial charge in [-0.05, 0) is 36.5 Å². The standard InChI is InChI=1S/C18H20N4O2S3/c1-22(27(23,24)16-6-3-9-25-16)15-5-2-4-12-10-14(21-17(12)15)18-20-11-13(26-18)7-8-19/h2-6,9-10,13,21H,7-8,11,19H2,1H3. The van der Waals surface area contributed by atoms with Crippen LogP contribution >= 0.6 is 23.1 Å². The molecule has 0 aliphatic carbocycles. The average Bonchev–Trinajstić information content (AvgIpc) is 3.39. The molecule has 1 aliphatic heterocycles. The maximum Gasteiger partial charge on any atom is 0.273 e. The normalized spacial score (nSPS) is 17.4. The van der Waals surface area contributed by atoms with E-state index < -0.39 is 10.0 Å². The van der Waals surface area contributed by atoms with Gasteiger partial charge in [0.05, 0.1) is 23.4 Å². The van der Waals surface area contributed by atoms with Gasteiger partial charge in [-0.15, -0.1) is 11.3 Å². The molecule has 1 aliphatic rings. The maximum atomic E-state index is 12.9. The summed E-state index contributed by atoms with van der Waals surface area (Å²) in [5.74, 6) is 0. The van der Waals surface area contributed by atoms with Gasteiger partial charge >= 0.3 is 0 Å². The van der Waals surface area contributed by atoms with Crippen molar-refractivity contribution in [2.75, 3.05) is 24.4 Å². The van der Waals surface area contributed by atoms with E-state index in [1.165, 1.54) is 15.6 Å². The first kappa shape index (κ1) is 18.5. The molecule has 3 aromatic rings. The number of hydrogen-bond acceptors (Lipinski definition) is 6. The molecule has 0 spiro atoms. The summed E-state index contributed by atoms with van der Waals surface area (Å²) in [5.41, 5.74) is 7.99. The van der Waals surface area contributed by atoms with E-state index >= 15 is 0 Å². The number of nitrogens with zero attached hydrogens (tertiary/aromatic N) is 2. The van der Waals surface area contributed by atoms with E-state index in [4.69, 9.17) is 5.73 Å². The monoisotopic (exact) mass is 420 g/mol. The molecule has 0 fully saturated rings. The van der Waals surface area contributed by atoms with Gasteiger partial charge in [0.15, 0.2) is 0 Å². The zero-order valence-corrected chi connectivity index (χ0v) is 17.2. The Morgan fingerprint density at radius 2 is 2.19 bits per heavy atom. The van der Waals surface area contributed by atoms with Gasteiger partial charge in [-0.2, -0.15) is 0 Å². The molecule has 3 heterocycles. The van der Waals surface area contributed by atoms with Crippen LogP contribution in [0.15, 0.2) is 51.0 Å². The molecule has 0 saturated heterocycles. The third-order valence-corrected chi connectivity index (χ3v) is 8.95. The predicted octanol–water partition coefficient (Wildman–Crippen LogP) is 3.27. The zero-order valence-electron chi connectivity index (χ0n) is 14.8. The lowest BCUT2D eigenvalue weighted by atomic mass is 10.2. The van der Waals surface area contributed by atoms with Gasteiger partial charge in [0.2, 0.25) is 0 Å². The number of rotatable bonds is 6. The number of nitrogens with two attached hydrogens (primary N) is 1. The Hall–Kier alpha value is -1.81. The molecular formula is C18H20N4O2S3. The highest BCUT2D eigenvalue weighted by Gasteiger charge is 2.26. The number of benzene rings is 1. The Labute approximate surface area is 166 Å². The second-order valence-corrected chi connectivity index (χ2v) is 10.7. The minimum atomic E-state index is -3.58. The molecule has 0 bridgehead atoms. The SMILES string of the molecule is CN(c1cccc2cc(C3=NCC(CCN)S3)[nH]c12)S(=O)(=O)c1cccs1. The van der Waals surface area contributed by atoms with E-state index in [0.717, 1.165) is 34.6 Å². The number of aromatic nitrogens is 1. The van der Waals surface area contributed by atoms with Gasteiger partial charge in [0.25, 0.3) is 10.0 Å². The van der Waals surface area contributed by atoms with E-state index in [9.17, 15) is 8.42 Å². The van der Waals surface area contributed by atoms with Crippen LogP contribution in [-0.4, -0.2) is 43.8 Å². The molecule has 6 nitrogen and oxygen atoms in total. The Bertz CT molecular complexity index is 1090. The number of H-pyrrole nitrogens is 1. The second kappa shape index (κ2) is 7.31. The van der Waals surface area contributed by atoms with Gasteiger partial charge in [0, 0.05) is 17.7 Å². The van der Waals surface area contributed by atoms with Crippen LogP contribution in [0.3, 0.4) is 0 Å². The summed E-state index contributed by atoms with van der Waals surface area (Å²) >= 11 is 2.95.